The summed E-state index contributed by atoms with van der Waals surface area (Å²) in [6, 6.07) is 1.34. The van der Waals surface area contributed by atoms with Gasteiger partial charge in [0.15, 0.2) is 0 Å². The lowest BCUT2D eigenvalue weighted by Crippen LogP contribution is -2.46. The molecule has 0 aromatic heterocycles. The highest BCUT2D eigenvalue weighted by atomic mass is 16.5. The summed E-state index contributed by atoms with van der Waals surface area (Å²) >= 11 is 0. The van der Waals surface area contributed by atoms with Gasteiger partial charge in [0.25, 0.3) is 0 Å². The predicted octanol–water partition coefficient (Wildman–Crippen LogP) is 2.27. The maximum absolute atomic E-state index is 5.41. The van der Waals surface area contributed by atoms with Crippen LogP contribution in [0.3, 0.4) is 0 Å². The van der Waals surface area contributed by atoms with Crippen LogP contribution in [0.25, 0.3) is 0 Å². The van der Waals surface area contributed by atoms with Gasteiger partial charge in [-0.3, -0.25) is 4.90 Å². The van der Waals surface area contributed by atoms with E-state index in [1.54, 1.807) is 0 Å². The smallest absolute Gasteiger partial charge is 0.0480 e. The van der Waals surface area contributed by atoms with E-state index in [9.17, 15) is 0 Å². The van der Waals surface area contributed by atoms with E-state index in [1.165, 1.54) is 38.6 Å². The first kappa shape index (κ1) is 14.9. The minimum Gasteiger partial charge on any atom is -0.381 e. The molecular weight excluding hydrogens is 212 g/mol. The minimum absolute atomic E-state index is 0.625. The summed E-state index contributed by atoms with van der Waals surface area (Å²) in [5, 5.41) is 3.57. The summed E-state index contributed by atoms with van der Waals surface area (Å²) in [4.78, 5) is 2.52. The fraction of sp³-hybridized carbons (Fsp3) is 1.00. The summed E-state index contributed by atoms with van der Waals surface area (Å²) < 4.78 is 5.41. The summed E-state index contributed by atoms with van der Waals surface area (Å²) in [6.07, 6.45) is 6.34. The zero-order valence-electron chi connectivity index (χ0n) is 11.9. The van der Waals surface area contributed by atoms with Crippen molar-refractivity contribution in [3.63, 3.8) is 0 Å². The first-order valence-electron chi connectivity index (χ1n) is 7.26. The van der Waals surface area contributed by atoms with Gasteiger partial charge in [-0.2, -0.15) is 0 Å². The predicted molar refractivity (Wildman–Crippen MR) is 73.5 cm³/mol. The molecule has 1 fully saturated rings. The third-order valence-corrected chi connectivity index (χ3v) is 3.86. The third-order valence-electron chi connectivity index (χ3n) is 3.86. The Kier molecular flexibility index (Phi) is 7.82. The second-order valence-corrected chi connectivity index (χ2v) is 5.27. The van der Waals surface area contributed by atoms with Crippen LogP contribution in [0.1, 0.15) is 46.0 Å². The van der Waals surface area contributed by atoms with E-state index < -0.39 is 0 Å². The van der Waals surface area contributed by atoms with E-state index >= 15 is 0 Å². The van der Waals surface area contributed by atoms with Crippen molar-refractivity contribution in [3.8, 4) is 0 Å². The van der Waals surface area contributed by atoms with Gasteiger partial charge in [0.05, 0.1) is 0 Å². The van der Waals surface area contributed by atoms with E-state index in [1.807, 2.05) is 0 Å². The molecule has 0 aromatic carbocycles. The molecule has 1 saturated heterocycles. The molecular formula is C14H30N2O. The molecule has 0 aliphatic carbocycles. The van der Waals surface area contributed by atoms with Crippen molar-refractivity contribution >= 4 is 0 Å². The van der Waals surface area contributed by atoms with E-state index in [0.717, 1.165) is 25.8 Å². The van der Waals surface area contributed by atoms with E-state index in [4.69, 9.17) is 4.74 Å². The lowest BCUT2D eigenvalue weighted by Gasteiger charge is -2.35. The Balaban J connectivity index is 2.10. The number of hydrogen-bond donors (Lipinski definition) is 1. The molecule has 1 atom stereocenters. The van der Waals surface area contributed by atoms with Crippen LogP contribution in [-0.2, 0) is 4.74 Å². The van der Waals surface area contributed by atoms with Gasteiger partial charge in [0.2, 0.25) is 0 Å². The number of rotatable bonds is 8. The molecule has 0 bridgehead atoms. The molecule has 0 spiro atoms. The number of nitrogens with one attached hydrogen (secondary N) is 1. The molecule has 17 heavy (non-hydrogen) atoms. The Morgan fingerprint density at radius 2 is 2.00 bits per heavy atom. The number of ether oxygens (including phenoxy) is 1. The SMILES string of the molecule is CCCCCNCC(C)N(C)C1CCOCC1. The van der Waals surface area contributed by atoms with Gasteiger partial charge < -0.3 is 10.1 Å². The molecule has 0 saturated carbocycles. The fourth-order valence-electron chi connectivity index (χ4n) is 2.41. The molecule has 0 aromatic rings. The zero-order valence-corrected chi connectivity index (χ0v) is 11.9. The van der Waals surface area contributed by atoms with Gasteiger partial charge >= 0.3 is 0 Å². The highest BCUT2D eigenvalue weighted by Gasteiger charge is 2.21. The monoisotopic (exact) mass is 242 g/mol. The van der Waals surface area contributed by atoms with E-state index in [-0.39, 0.29) is 0 Å². The molecule has 1 heterocycles. The number of nitrogens with zero attached hydrogens (tertiary/aromatic N) is 1. The number of likely N-dealkylation sites (N-methyl/N-ethyl adjacent to an activating group) is 1. The van der Waals surface area contributed by atoms with Crippen LogP contribution in [0.2, 0.25) is 0 Å². The van der Waals surface area contributed by atoms with Crippen LogP contribution in [-0.4, -0.2) is 50.3 Å². The van der Waals surface area contributed by atoms with Crippen LogP contribution >= 0.6 is 0 Å². The normalized spacial score (nSPS) is 19.8. The van der Waals surface area contributed by atoms with Gasteiger partial charge in [-0.25, -0.2) is 0 Å². The van der Waals surface area contributed by atoms with Gasteiger partial charge in [-0.05, 0) is 39.8 Å². The van der Waals surface area contributed by atoms with Crippen molar-refractivity contribution in [1.29, 1.82) is 0 Å². The lowest BCUT2D eigenvalue weighted by molar-refractivity contribution is 0.0312. The molecule has 0 radical (unpaired) electrons. The average Bonchev–Trinajstić information content (AvgIpc) is 2.38. The Morgan fingerprint density at radius 3 is 2.65 bits per heavy atom. The largest absolute Gasteiger partial charge is 0.381 e. The van der Waals surface area contributed by atoms with E-state index in [2.05, 4.69) is 31.1 Å². The lowest BCUT2D eigenvalue weighted by atomic mass is 10.1. The van der Waals surface area contributed by atoms with Gasteiger partial charge in [0.1, 0.15) is 0 Å². The van der Waals surface area contributed by atoms with Crippen molar-refractivity contribution < 1.29 is 4.74 Å². The molecule has 1 N–H and O–H groups in total. The quantitative estimate of drug-likeness (QED) is 0.661. The molecule has 1 aliphatic rings. The zero-order chi connectivity index (χ0) is 12.5. The highest BCUT2D eigenvalue weighted by molar-refractivity contribution is 4.77. The second-order valence-electron chi connectivity index (χ2n) is 5.27. The maximum Gasteiger partial charge on any atom is 0.0480 e. The van der Waals surface area contributed by atoms with Gasteiger partial charge in [-0.15, -0.1) is 0 Å². The van der Waals surface area contributed by atoms with Crippen LogP contribution < -0.4 is 5.32 Å². The Labute approximate surface area is 107 Å². The first-order valence-corrected chi connectivity index (χ1v) is 7.26. The minimum atomic E-state index is 0.625. The second kappa shape index (κ2) is 8.90. The number of unbranched alkanes of at least 4 members (excludes halogenated alkanes) is 2. The van der Waals surface area contributed by atoms with Gasteiger partial charge in [-0.1, -0.05) is 19.8 Å². The molecule has 3 nitrogen and oxygen atoms in total. The van der Waals surface area contributed by atoms with Crippen molar-refractivity contribution in [2.24, 2.45) is 0 Å². The van der Waals surface area contributed by atoms with Crippen LogP contribution in [0, 0.1) is 0 Å². The van der Waals surface area contributed by atoms with E-state index in [0.29, 0.717) is 6.04 Å². The highest BCUT2D eigenvalue weighted by Crippen LogP contribution is 2.14. The van der Waals surface area contributed by atoms with Crippen molar-refractivity contribution in [2.75, 3.05) is 33.4 Å². The topological polar surface area (TPSA) is 24.5 Å². The Hall–Kier alpha value is -0.120. The van der Waals surface area contributed by atoms with Crippen molar-refractivity contribution in [1.82, 2.24) is 10.2 Å². The average molecular weight is 242 g/mol. The van der Waals surface area contributed by atoms with Crippen LogP contribution in [0.15, 0.2) is 0 Å². The summed E-state index contributed by atoms with van der Waals surface area (Å²) in [6.45, 7) is 8.72. The third kappa shape index (κ3) is 5.84. The van der Waals surface area contributed by atoms with Crippen LogP contribution in [0.5, 0.6) is 0 Å². The Morgan fingerprint density at radius 1 is 1.29 bits per heavy atom. The molecule has 0 amide bonds. The molecule has 3 heteroatoms. The Bertz CT molecular complexity index is 181. The molecule has 1 unspecified atom stereocenters. The summed E-state index contributed by atoms with van der Waals surface area (Å²) in [5.74, 6) is 0. The van der Waals surface area contributed by atoms with Crippen molar-refractivity contribution in [2.45, 2.75) is 58.0 Å². The van der Waals surface area contributed by atoms with Crippen molar-refractivity contribution in [3.05, 3.63) is 0 Å². The standard InChI is InChI=1S/C14H30N2O/c1-4-5-6-9-15-12-13(2)16(3)14-7-10-17-11-8-14/h13-15H,4-12H2,1-3H3. The van der Waals surface area contributed by atoms with Crippen LogP contribution in [0.4, 0.5) is 0 Å². The molecule has 1 aliphatic heterocycles. The summed E-state index contributed by atoms with van der Waals surface area (Å²) in [7, 11) is 2.26. The first-order chi connectivity index (χ1) is 8.25. The maximum atomic E-state index is 5.41. The summed E-state index contributed by atoms with van der Waals surface area (Å²) in [5.41, 5.74) is 0. The molecule has 102 valence electrons. The molecule has 1 rings (SSSR count). The number of hydrogen-bond acceptors (Lipinski definition) is 3. The van der Waals surface area contributed by atoms with Gasteiger partial charge in [0, 0.05) is 31.8 Å². The fourth-order valence-corrected chi connectivity index (χ4v) is 2.41.